The van der Waals surface area contributed by atoms with Gasteiger partial charge < -0.3 is 16.2 Å². The number of nitriles is 1. The van der Waals surface area contributed by atoms with Crippen molar-refractivity contribution in [3.05, 3.63) is 47.3 Å². The number of hydrogen-bond acceptors (Lipinski definition) is 6. The average molecular weight is 426 g/mol. The molecule has 0 aliphatic heterocycles. The van der Waals surface area contributed by atoms with Gasteiger partial charge in [0.15, 0.2) is 5.82 Å². The van der Waals surface area contributed by atoms with Crippen molar-refractivity contribution >= 4 is 44.1 Å². The topological polar surface area (TPSA) is 131 Å². The Morgan fingerprint density at radius 2 is 1.90 bits per heavy atom. The largest absolute Gasteiger partial charge is 0.444 e. The van der Waals surface area contributed by atoms with E-state index in [0.29, 0.717) is 15.6 Å². The summed E-state index contributed by atoms with van der Waals surface area (Å²) in [5.74, 6) is -1.65. The van der Waals surface area contributed by atoms with E-state index in [4.69, 9.17) is 16.2 Å². The number of nitrogen functional groups attached to an aromatic ring is 1. The Labute approximate surface area is 176 Å². The molecule has 0 unspecified atom stereocenters. The molecule has 0 aliphatic rings. The lowest BCUT2D eigenvalue weighted by Crippen LogP contribution is -2.27. The highest BCUT2D eigenvalue weighted by molar-refractivity contribution is 7.23. The Kier molecular flexibility index (Phi) is 5.37. The minimum absolute atomic E-state index is 0.112. The third-order valence-electron chi connectivity index (χ3n) is 4.18. The number of primary amides is 1. The molecule has 0 aliphatic carbocycles. The molecule has 0 saturated carbocycles. The second-order valence-electron chi connectivity index (χ2n) is 7.48. The molecule has 2 amide bonds. The number of nitrogens with one attached hydrogen (secondary N) is 1. The summed E-state index contributed by atoms with van der Waals surface area (Å²) in [5, 5.41) is 13.1. The Morgan fingerprint density at radius 3 is 2.50 bits per heavy atom. The van der Waals surface area contributed by atoms with Crippen LogP contribution in [0.3, 0.4) is 0 Å². The molecule has 3 aromatic rings. The number of carbonyl (C=O) groups excluding carboxylic acids is 2. The van der Waals surface area contributed by atoms with Crippen LogP contribution in [-0.4, -0.2) is 17.6 Å². The van der Waals surface area contributed by atoms with Crippen molar-refractivity contribution < 1.29 is 18.7 Å². The number of nitrogens with zero attached hydrogens (tertiary/aromatic N) is 1. The zero-order valence-corrected chi connectivity index (χ0v) is 17.3. The number of thiophene rings is 1. The van der Waals surface area contributed by atoms with Crippen molar-refractivity contribution in [2.45, 2.75) is 26.4 Å². The number of anilines is 2. The zero-order valence-electron chi connectivity index (χ0n) is 16.5. The van der Waals surface area contributed by atoms with Crippen molar-refractivity contribution in [1.82, 2.24) is 0 Å². The summed E-state index contributed by atoms with van der Waals surface area (Å²) < 4.78 is 20.9. The van der Waals surface area contributed by atoms with Crippen molar-refractivity contribution in [3.63, 3.8) is 0 Å². The first kappa shape index (κ1) is 21.1. The lowest BCUT2D eigenvalue weighted by atomic mass is 9.96. The maximum absolute atomic E-state index is 15.0. The molecule has 3 rings (SSSR count). The number of nitrogens with two attached hydrogens (primary N) is 2. The molecule has 0 spiro atoms. The van der Waals surface area contributed by atoms with Gasteiger partial charge in [-0.1, -0.05) is 18.2 Å². The number of rotatable bonds is 3. The van der Waals surface area contributed by atoms with Crippen LogP contribution in [0.4, 0.5) is 19.9 Å². The molecular weight excluding hydrogens is 407 g/mol. The van der Waals surface area contributed by atoms with E-state index in [1.807, 2.05) is 0 Å². The quantitative estimate of drug-likeness (QED) is 0.526. The second kappa shape index (κ2) is 7.65. The van der Waals surface area contributed by atoms with Gasteiger partial charge in [-0.05, 0) is 38.5 Å². The molecule has 1 heterocycles. The van der Waals surface area contributed by atoms with Crippen molar-refractivity contribution in [3.8, 4) is 17.2 Å². The number of hydrogen-bond donors (Lipinski definition) is 3. The fourth-order valence-electron chi connectivity index (χ4n) is 2.98. The highest BCUT2D eigenvalue weighted by Crippen LogP contribution is 2.42. The van der Waals surface area contributed by atoms with Crippen LogP contribution in [0, 0.1) is 17.1 Å². The highest BCUT2D eigenvalue weighted by atomic mass is 32.1. The van der Waals surface area contributed by atoms with Gasteiger partial charge in [-0.25, -0.2) is 9.18 Å². The third kappa shape index (κ3) is 3.90. The SMILES string of the molecule is CC(C)(C)OC(=O)Nc1sc2cccc(-c3ccc(C(N)=O)c(N)c3F)c2c1C#N. The predicted octanol–water partition coefficient (Wildman–Crippen LogP) is 4.61. The number of halogens is 1. The molecule has 154 valence electrons. The van der Waals surface area contributed by atoms with Crippen molar-refractivity contribution in [2.24, 2.45) is 5.73 Å². The monoisotopic (exact) mass is 426 g/mol. The van der Waals surface area contributed by atoms with E-state index >= 15 is 0 Å². The fourth-order valence-corrected chi connectivity index (χ4v) is 4.04. The minimum atomic E-state index is -0.840. The van der Waals surface area contributed by atoms with Crippen molar-refractivity contribution in [2.75, 3.05) is 11.1 Å². The average Bonchev–Trinajstić information content (AvgIpc) is 2.99. The predicted molar refractivity (Wildman–Crippen MR) is 115 cm³/mol. The number of carbonyl (C=O) groups is 2. The maximum atomic E-state index is 15.0. The van der Waals surface area contributed by atoms with Gasteiger partial charge in [0.1, 0.15) is 16.7 Å². The summed E-state index contributed by atoms with van der Waals surface area (Å²) in [6, 6.07) is 9.89. The van der Waals surface area contributed by atoms with Gasteiger partial charge in [-0.3, -0.25) is 10.1 Å². The fraction of sp³-hybridized carbons (Fsp3) is 0.190. The standard InChI is InChI=1S/C21H19FN4O3S/c1-21(2,3)29-20(28)26-19-13(9-23)15-10(5-4-6-14(15)30-19)11-7-8-12(18(25)27)17(24)16(11)22/h4-8H,24H2,1-3H3,(H2,25,27)(H,26,28). The van der Waals surface area contributed by atoms with Crippen LogP contribution in [0.5, 0.6) is 0 Å². The summed E-state index contributed by atoms with van der Waals surface area (Å²) in [6.45, 7) is 5.18. The molecule has 7 nitrogen and oxygen atoms in total. The van der Waals surface area contributed by atoms with E-state index in [1.54, 1.807) is 39.0 Å². The first-order valence-corrected chi connectivity index (χ1v) is 9.69. The molecule has 0 fully saturated rings. The van der Waals surface area contributed by atoms with E-state index in [1.165, 1.54) is 23.5 Å². The molecule has 1 aromatic heterocycles. The molecule has 5 N–H and O–H groups in total. The summed E-state index contributed by atoms with van der Waals surface area (Å²) in [7, 11) is 0. The molecule has 0 bridgehead atoms. The van der Waals surface area contributed by atoms with E-state index in [9.17, 15) is 19.2 Å². The second-order valence-corrected chi connectivity index (χ2v) is 8.53. The summed E-state index contributed by atoms with van der Waals surface area (Å²) in [6.07, 6.45) is -0.701. The Balaban J connectivity index is 2.16. The Morgan fingerprint density at radius 1 is 1.20 bits per heavy atom. The summed E-state index contributed by atoms with van der Waals surface area (Å²) in [5.41, 5.74) is 10.5. The molecule has 9 heteroatoms. The van der Waals surface area contributed by atoms with Crippen LogP contribution >= 0.6 is 11.3 Å². The zero-order chi connectivity index (χ0) is 22.2. The lowest BCUT2D eigenvalue weighted by Gasteiger charge is -2.19. The summed E-state index contributed by atoms with van der Waals surface area (Å²) in [4.78, 5) is 23.6. The van der Waals surface area contributed by atoms with E-state index in [-0.39, 0.29) is 27.4 Å². The van der Waals surface area contributed by atoms with Crippen molar-refractivity contribution in [1.29, 1.82) is 5.26 Å². The number of benzene rings is 2. The van der Waals surface area contributed by atoms with Gasteiger partial charge in [0.25, 0.3) is 5.91 Å². The Bertz CT molecular complexity index is 1220. The maximum Gasteiger partial charge on any atom is 0.412 e. The van der Waals surface area contributed by atoms with Crippen LogP contribution in [-0.2, 0) is 4.74 Å². The van der Waals surface area contributed by atoms with Crippen LogP contribution in [0.25, 0.3) is 21.2 Å². The molecule has 30 heavy (non-hydrogen) atoms. The van der Waals surface area contributed by atoms with Gasteiger partial charge in [-0.15, -0.1) is 11.3 Å². The molecule has 2 aromatic carbocycles. The van der Waals surface area contributed by atoms with Gasteiger partial charge >= 0.3 is 6.09 Å². The van der Waals surface area contributed by atoms with Gasteiger partial charge in [0.2, 0.25) is 0 Å². The number of ether oxygens (including phenoxy) is 1. The van der Waals surface area contributed by atoms with Crippen LogP contribution in [0.1, 0.15) is 36.7 Å². The normalized spacial score (nSPS) is 11.2. The minimum Gasteiger partial charge on any atom is -0.444 e. The molecule has 0 saturated heterocycles. The third-order valence-corrected chi connectivity index (χ3v) is 5.25. The van der Waals surface area contributed by atoms with E-state index in [2.05, 4.69) is 11.4 Å². The molecule has 0 atom stereocenters. The van der Waals surface area contributed by atoms with Gasteiger partial charge in [0.05, 0.1) is 16.8 Å². The Hall–Kier alpha value is -3.64. The van der Waals surface area contributed by atoms with Crippen LogP contribution in [0.15, 0.2) is 30.3 Å². The lowest BCUT2D eigenvalue weighted by molar-refractivity contribution is 0.0636. The number of fused-ring (bicyclic) bond motifs is 1. The number of amides is 2. The van der Waals surface area contributed by atoms with Gasteiger partial charge in [0, 0.05) is 15.6 Å². The van der Waals surface area contributed by atoms with Gasteiger partial charge in [-0.2, -0.15) is 5.26 Å². The molecular formula is C21H19FN4O3S. The highest BCUT2D eigenvalue weighted by Gasteiger charge is 2.23. The van der Waals surface area contributed by atoms with E-state index in [0.717, 1.165) is 0 Å². The molecule has 0 radical (unpaired) electrons. The van der Waals surface area contributed by atoms with Crippen LogP contribution < -0.4 is 16.8 Å². The first-order valence-electron chi connectivity index (χ1n) is 8.87. The van der Waals surface area contributed by atoms with Crippen LogP contribution in [0.2, 0.25) is 0 Å². The van der Waals surface area contributed by atoms with E-state index < -0.39 is 23.4 Å². The first-order chi connectivity index (χ1) is 14.0. The smallest absolute Gasteiger partial charge is 0.412 e. The summed E-state index contributed by atoms with van der Waals surface area (Å²) >= 11 is 1.17.